The maximum Gasteiger partial charge on any atom is 0.141 e. The first-order valence-corrected chi connectivity index (χ1v) is 6.34. The van der Waals surface area contributed by atoms with Crippen LogP contribution in [0.15, 0.2) is 18.2 Å². The second kappa shape index (κ2) is 4.23. The van der Waals surface area contributed by atoms with Crippen molar-refractivity contribution in [2.75, 3.05) is 19.8 Å². The molecule has 0 unspecified atom stereocenters. The lowest BCUT2D eigenvalue weighted by molar-refractivity contribution is -0.0591. The molecule has 1 heterocycles. The van der Waals surface area contributed by atoms with Gasteiger partial charge in [0.1, 0.15) is 5.82 Å². The van der Waals surface area contributed by atoms with E-state index in [0.29, 0.717) is 19.3 Å². The van der Waals surface area contributed by atoms with Gasteiger partial charge in [0.05, 0.1) is 23.7 Å². The van der Waals surface area contributed by atoms with Crippen LogP contribution in [-0.2, 0) is 10.2 Å². The summed E-state index contributed by atoms with van der Waals surface area (Å²) in [5.41, 5.74) is 1.06. The van der Waals surface area contributed by atoms with Gasteiger partial charge in [-0.25, -0.2) is 4.39 Å². The van der Waals surface area contributed by atoms with Crippen LogP contribution in [0.25, 0.3) is 0 Å². The number of hydrogen-bond acceptors (Lipinski definition) is 2. The van der Waals surface area contributed by atoms with Gasteiger partial charge in [0.2, 0.25) is 0 Å². The van der Waals surface area contributed by atoms with Crippen LogP contribution in [0, 0.1) is 5.82 Å². The zero-order valence-corrected chi connectivity index (χ0v) is 10.3. The molecule has 2 nitrogen and oxygen atoms in total. The Kier molecular flexibility index (Phi) is 2.85. The fourth-order valence-electron chi connectivity index (χ4n) is 2.17. The minimum Gasteiger partial charge on any atom is -0.379 e. The zero-order valence-electron chi connectivity index (χ0n) is 9.51. The van der Waals surface area contributed by atoms with Crippen molar-refractivity contribution in [2.45, 2.75) is 24.3 Å². The molecule has 0 radical (unpaired) electrons. The molecule has 0 atom stereocenters. The monoisotopic (exact) mass is 255 g/mol. The summed E-state index contributed by atoms with van der Waals surface area (Å²) < 4.78 is 18.5. The third kappa shape index (κ3) is 2.19. The Morgan fingerprint density at radius 3 is 2.71 bits per heavy atom. The van der Waals surface area contributed by atoms with Crippen LogP contribution in [0.2, 0.25) is 5.02 Å². The van der Waals surface area contributed by atoms with Gasteiger partial charge in [0.15, 0.2) is 0 Å². The van der Waals surface area contributed by atoms with Crippen LogP contribution in [0.3, 0.4) is 0 Å². The summed E-state index contributed by atoms with van der Waals surface area (Å²) in [6.07, 6.45) is 2.53. The molecule has 92 valence electrons. The standard InChI is InChI=1S/C13H15ClFNO/c14-11-5-9(1-4-12(11)15)13(7-17-8-13)6-16-10-2-3-10/h1,4-5,10,16H,2-3,6-8H2. The Labute approximate surface area is 105 Å². The molecule has 1 aromatic carbocycles. The quantitative estimate of drug-likeness (QED) is 0.893. The third-order valence-corrected chi connectivity index (χ3v) is 3.88. The number of benzene rings is 1. The van der Waals surface area contributed by atoms with Gasteiger partial charge in [0, 0.05) is 12.6 Å². The van der Waals surface area contributed by atoms with Crippen molar-refractivity contribution >= 4 is 11.6 Å². The van der Waals surface area contributed by atoms with Crippen molar-refractivity contribution < 1.29 is 9.13 Å². The van der Waals surface area contributed by atoms with Gasteiger partial charge in [-0.3, -0.25) is 0 Å². The van der Waals surface area contributed by atoms with Crippen molar-refractivity contribution in [3.63, 3.8) is 0 Å². The van der Waals surface area contributed by atoms with Gasteiger partial charge in [0.25, 0.3) is 0 Å². The van der Waals surface area contributed by atoms with Gasteiger partial charge in [-0.2, -0.15) is 0 Å². The zero-order chi connectivity index (χ0) is 11.9. The average Bonchev–Trinajstić information content (AvgIpc) is 3.05. The second-order valence-electron chi connectivity index (χ2n) is 5.06. The minimum absolute atomic E-state index is 0.0140. The van der Waals surface area contributed by atoms with E-state index in [2.05, 4.69) is 5.32 Å². The van der Waals surface area contributed by atoms with Crippen LogP contribution in [0.4, 0.5) is 4.39 Å². The van der Waals surface area contributed by atoms with E-state index in [9.17, 15) is 4.39 Å². The molecular weight excluding hydrogens is 241 g/mol. The average molecular weight is 256 g/mol. The molecule has 1 aromatic rings. The molecule has 4 heteroatoms. The predicted octanol–water partition coefficient (Wildman–Crippen LogP) is 2.50. The first kappa shape index (κ1) is 11.5. The Bertz CT molecular complexity index is 429. The lowest BCUT2D eigenvalue weighted by Crippen LogP contribution is -2.53. The predicted molar refractivity (Wildman–Crippen MR) is 64.9 cm³/mol. The van der Waals surface area contributed by atoms with Crippen molar-refractivity contribution in [1.82, 2.24) is 5.32 Å². The summed E-state index contributed by atoms with van der Waals surface area (Å²) in [5.74, 6) is -0.360. The first-order chi connectivity index (χ1) is 8.20. The molecule has 17 heavy (non-hydrogen) atoms. The number of rotatable bonds is 4. The summed E-state index contributed by atoms with van der Waals surface area (Å²) in [5, 5.41) is 3.71. The van der Waals surface area contributed by atoms with E-state index in [-0.39, 0.29) is 16.3 Å². The van der Waals surface area contributed by atoms with Crippen LogP contribution in [-0.4, -0.2) is 25.8 Å². The first-order valence-electron chi connectivity index (χ1n) is 5.96. The van der Waals surface area contributed by atoms with Gasteiger partial charge in [-0.1, -0.05) is 17.7 Å². The molecule has 2 aliphatic rings. The van der Waals surface area contributed by atoms with E-state index in [4.69, 9.17) is 16.3 Å². The SMILES string of the molecule is Fc1ccc(C2(CNC3CC3)COC2)cc1Cl. The van der Waals surface area contributed by atoms with Crippen LogP contribution in [0.1, 0.15) is 18.4 Å². The fraction of sp³-hybridized carbons (Fsp3) is 0.538. The molecule has 0 spiro atoms. The summed E-state index contributed by atoms with van der Waals surface area (Å²) >= 11 is 5.84. The Morgan fingerprint density at radius 1 is 1.41 bits per heavy atom. The second-order valence-corrected chi connectivity index (χ2v) is 5.46. The molecule has 1 aliphatic heterocycles. The summed E-state index contributed by atoms with van der Waals surface area (Å²) in [6.45, 7) is 2.27. The smallest absolute Gasteiger partial charge is 0.141 e. The van der Waals surface area contributed by atoms with Gasteiger partial charge >= 0.3 is 0 Å². The molecule has 0 amide bonds. The molecule has 3 rings (SSSR count). The molecule has 0 bridgehead atoms. The normalized spacial score (nSPS) is 22.2. The molecule has 2 fully saturated rings. The number of hydrogen-bond donors (Lipinski definition) is 1. The van der Waals surface area contributed by atoms with Crippen molar-refractivity contribution in [3.8, 4) is 0 Å². The Morgan fingerprint density at radius 2 is 2.18 bits per heavy atom. The number of ether oxygens (including phenoxy) is 1. The lowest BCUT2D eigenvalue weighted by atomic mass is 9.78. The van der Waals surface area contributed by atoms with Crippen LogP contribution in [0.5, 0.6) is 0 Å². The molecular formula is C13H15ClFNO. The van der Waals surface area contributed by atoms with Crippen LogP contribution >= 0.6 is 11.6 Å². The van der Waals surface area contributed by atoms with Crippen LogP contribution < -0.4 is 5.32 Å². The molecule has 1 aliphatic carbocycles. The Balaban J connectivity index is 1.79. The minimum atomic E-state index is -0.360. The highest BCUT2D eigenvalue weighted by atomic mass is 35.5. The number of halogens is 2. The number of nitrogens with one attached hydrogen (secondary N) is 1. The fourth-order valence-corrected chi connectivity index (χ4v) is 2.35. The summed E-state index contributed by atoms with van der Waals surface area (Å²) in [6, 6.07) is 5.66. The molecule has 1 saturated carbocycles. The van der Waals surface area contributed by atoms with Crippen molar-refractivity contribution in [1.29, 1.82) is 0 Å². The maximum absolute atomic E-state index is 13.2. The summed E-state index contributed by atoms with van der Waals surface area (Å²) in [4.78, 5) is 0. The topological polar surface area (TPSA) is 21.3 Å². The van der Waals surface area contributed by atoms with Gasteiger partial charge < -0.3 is 10.1 Å². The molecule has 1 saturated heterocycles. The van der Waals surface area contributed by atoms with E-state index in [1.807, 2.05) is 6.07 Å². The third-order valence-electron chi connectivity index (χ3n) is 3.60. The molecule has 1 N–H and O–H groups in total. The highest BCUT2D eigenvalue weighted by molar-refractivity contribution is 6.30. The molecule has 0 aromatic heterocycles. The highest BCUT2D eigenvalue weighted by Crippen LogP contribution is 2.34. The largest absolute Gasteiger partial charge is 0.379 e. The van der Waals surface area contributed by atoms with Gasteiger partial charge in [-0.05, 0) is 30.5 Å². The van der Waals surface area contributed by atoms with E-state index in [0.717, 1.165) is 12.1 Å². The highest BCUT2D eigenvalue weighted by Gasteiger charge is 2.41. The van der Waals surface area contributed by atoms with Gasteiger partial charge in [-0.15, -0.1) is 0 Å². The Hall–Kier alpha value is -0.640. The maximum atomic E-state index is 13.2. The summed E-state index contributed by atoms with van der Waals surface area (Å²) in [7, 11) is 0. The lowest BCUT2D eigenvalue weighted by Gasteiger charge is -2.42. The van der Waals surface area contributed by atoms with E-state index >= 15 is 0 Å². The van der Waals surface area contributed by atoms with E-state index < -0.39 is 0 Å². The van der Waals surface area contributed by atoms with Crippen molar-refractivity contribution in [2.24, 2.45) is 0 Å². The van der Waals surface area contributed by atoms with Crippen molar-refractivity contribution in [3.05, 3.63) is 34.6 Å². The van der Waals surface area contributed by atoms with E-state index in [1.165, 1.54) is 18.9 Å². The van der Waals surface area contributed by atoms with E-state index in [1.54, 1.807) is 6.07 Å².